The van der Waals surface area contributed by atoms with Gasteiger partial charge in [0.2, 0.25) is 5.91 Å². The molecule has 0 bridgehead atoms. The molecule has 0 unspecified atom stereocenters. The molecule has 152 valence electrons. The van der Waals surface area contributed by atoms with Gasteiger partial charge >= 0.3 is 5.97 Å². The second-order valence-corrected chi connectivity index (χ2v) is 8.43. The number of carbonyl (C=O) groups is 3. The van der Waals surface area contributed by atoms with Gasteiger partial charge in [-0.3, -0.25) is 9.59 Å². The van der Waals surface area contributed by atoms with E-state index in [0.717, 1.165) is 0 Å². The van der Waals surface area contributed by atoms with Crippen molar-refractivity contribution in [1.29, 1.82) is 5.26 Å². The van der Waals surface area contributed by atoms with Crippen LogP contribution < -0.4 is 5.32 Å². The van der Waals surface area contributed by atoms with Crippen molar-refractivity contribution in [3.05, 3.63) is 32.1 Å². The SMILES string of the molecule is C[C@@H](O)[C@H]1C(=O)N2C(C(=O)O)=C(S/C=C\c3scnc3C(=O)NCC#N)[C@H](C)[C@H]12. The fraction of sp³-hybridized carbons (Fsp3) is 0.389. The lowest BCUT2D eigenvalue weighted by Gasteiger charge is -2.46. The number of hydrogen-bond acceptors (Lipinski definition) is 8. The molecule has 0 spiro atoms. The molecule has 3 N–H and O–H groups in total. The number of aliphatic hydroxyl groups excluding tert-OH is 1. The fourth-order valence-electron chi connectivity index (χ4n) is 3.60. The number of fused-ring (bicyclic) bond motifs is 1. The topological polar surface area (TPSA) is 144 Å². The van der Waals surface area contributed by atoms with Crippen molar-refractivity contribution in [1.82, 2.24) is 15.2 Å². The Morgan fingerprint density at radius 3 is 2.90 bits per heavy atom. The summed E-state index contributed by atoms with van der Waals surface area (Å²) in [5, 5.41) is 32.1. The predicted molar refractivity (Wildman–Crippen MR) is 106 cm³/mol. The third-order valence-electron chi connectivity index (χ3n) is 4.86. The number of carboxylic acid groups (broad SMARTS) is 1. The second kappa shape index (κ2) is 8.36. The number of β-lactam (4-membered cyclic amide) rings is 1. The van der Waals surface area contributed by atoms with Crippen LogP contribution in [0.4, 0.5) is 0 Å². The molecule has 2 aliphatic heterocycles. The number of thiazole rings is 1. The van der Waals surface area contributed by atoms with E-state index in [1.807, 2.05) is 13.0 Å². The van der Waals surface area contributed by atoms with Crippen molar-refractivity contribution in [2.45, 2.75) is 26.0 Å². The van der Waals surface area contributed by atoms with Gasteiger partial charge in [0.25, 0.3) is 5.91 Å². The van der Waals surface area contributed by atoms with Gasteiger partial charge in [-0.1, -0.05) is 18.7 Å². The molecule has 3 rings (SSSR count). The Hall–Kier alpha value is -2.68. The minimum Gasteiger partial charge on any atom is -0.477 e. The monoisotopic (exact) mass is 434 g/mol. The highest BCUT2D eigenvalue weighted by atomic mass is 32.2. The normalized spacial score (nSPS) is 24.3. The van der Waals surface area contributed by atoms with Gasteiger partial charge in [0.05, 0.1) is 34.5 Å². The van der Waals surface area contributed by atoms with Crippen molar-refractivity contribution in [2.24, 2.45) is 11.8 Å². The fourth-order valence-corrected chi connectivity index (χ4v) is 5.36. The van der Waals surface area contributed by atoms with Crippen LogP contribution in [0.25, 0.3) is 6.08 Å². The number of nitrogens with zero attached hydrogens (tertiary/aromatic N) is 3. The Morgan fingerprint density at radius 2 is 2.28 bits per heavy atom. The van der Waals surface area contributed by atoms with Gasteiger partial charge < -0.3 is 20.4 Å². The van der Waals surface area contributed by atoms with Crippen molar-refractivity contribution in [2.75, 3.05) is 6.54 Å². The van der Waals surface area contributed by atoms with E-state index in [9.17, 15) is 24.6 Å². The summed E-state index contributed by atoms with van der Waals surface area (Å²) in [7, 11) is 0. The summed E-state index contributed by atoms with van der Waals surface area (Å²) in [5.41, 5.74) is 1.63. The number of carboxylic acids is 1. The third-order valence-corrected chi connectivity index (χ3v) is 6.75. The number of hydrogen-bond donors (Lipinski definition) is 3. The summed E-state index contributed by atoms with van der Waals surface area (Å²) >= 11 is 2.40. The molecular weight excluding hydrogens is 416 g/mol. The van der Waals surface area contributed by atoms with Crippen LogP contribution in [0.2, 0.25) is 0 Å². The average molecular weight is 434 g/mol. The van der Waals surface area contributed by atoms with E-state index in [2.05, 4.69) is 10.3 Å². The molecule has 3 heterocycles. The van der Waals surface area contributed by atoms with E-state index in [1.165, 1.54) is 40.4 Å². The summed E-state index contributed by atoms with van der Waals surface area (Å²) in [6.07, 6.45) is 0.791. The molecule has 9 nitrogen and oxygen atoms in total. The van der Waals surface area contributed by atoms with E-state index in [0.29, 0.717) is 9.78 Å². The number of thioether (sulfide) groups is 1. The molecule has 0 radical (unpaired) electrons. The number of aliphatic hydroxyl groups is 1. The number of nitriles is 1. The largest absolute Gasteiger partial charge is 0.477 e. The van der Waals surface area contributed by atoms with Crippen LogP contribution >= 0.6 is 23.1 Å². The number of nitrogens with one attached hydrogen (secondary N) is 1. The Balaban J connectivity index is 1.80. The molecule has 0 saturated carbocycles. The van der Waals surface area contributed by atoms with Gasteiger partial charge in [0, 0.05) is 10.8 Å². The summed E-state index contributed by atoms with van der Waals surface area (Å²) < 4.78 is 0. The average Bonchev–Trinajstić information content (AvgIpc) is 3.21. The van der Waals surface area contributed by atoms with Gasteiger partial charge in [-0.05, 0) is 18.4 Å². The summed E-state index contributed by atoms with van der Waals surface area (Å²) in [4.78, 5) is 42.5. The summed E-state index contributed by atoms with van der Waals surface area (Å²) in [6.45, 7) is 3.23. The Labute approximate surface area is 174 Å². The summed E-state index contributed by atoms with van der Waals surface area (Å²) in [5.74, 6) is -2.90. The van der Waals surface area contributed by atoms with E-state index >= 15 is 0 Å². The predicted octanol–water partition coefficient (Wildman–Crippen LogP) is 1.25. The maximum absolute atomic E-state index is 12.3. The van der Waals surface area contributed by atoms with Crippen LogP contribution in [0.5, 0.6) is 0 Å². The minimum absolute atomic E-state index is 0.0599. The lowest BCUT2D eigenvalue weighted by molar-refractivity contribution is -0.163. The molecule has 11 heteroatoms. The third kappa shape index (κ3) is 3.66. The van der Waals surface area contributed by atoms with Crippen molar-refractivity contribution in [3.8, 4) is 6.07 Å². The lowest BCUT2D eigenvalue weighted by atomic mass is 9.79. The highest BCUT2D eigenvalue weighted by Gasteiger charge is 2.59. The number of rotatable bonds is 7. The Kier molecular flexibility index (Phi) is 6.07. The molecular formula is C18H18N4O5S2. The van der Waals surface area contributed by atoms with Gasteiger partial charge in [0.15, 0.2) is 0 Å². The Bertz CT molecular complexity index is 962. The van der Waals surface area contributed by atoms with Gasteiger partial charge in [0.1, 0.15) is 17.9 Å². The zero-order valence-electron chi connectivity index (χ0n) is 15.5. The molecule has 0 aromatic carbocycles. The van der Waals surface area contributed by atoms with E-state index in [4.69, 9.17) is 5.26 Å². The first-order valence-corrected chi connectivity index (χ1v) is 10.5. The van der Waals surface area contributed by atoms with Crippen LogP contribution in [-0.2, 0) is 9.59 Å². The van der Waals surface area contributed by atoms with Crippen molar-refractivity contribution < 1.29 is 24.6 Å². The van der Waals surface area contributed by atoms with E-state index < -0.39 is 23.9 Å². The van der Waals surface area contributed by atoms with Crippen LogP contribution in [0, 0.1) is 23.2 Å². The molecule has 29 heavy (non-hydrogen) atoms. The van der Waals surface area contributed by atoms with Crippen molar-refractivity contribution in [3.63, 3.8) is 0 Å². The van der Waals surface area contributed by atoms with Crippen LogP contribution in [-0.4, -0.2) is 56.6 Å². The maximum atomic E-state index is 12.3. The first kappa shape index (κ1) is 21.0. The second-order valence-electron chi connectivity index (χ2n) is 6.60. The molecule has 1 aromatic rings. The van der Waals surface area contributed by atoms with Gasteiger partial charge in [-0.15, -0.1) is 11.3 Å². The zero-order valence-corrected chi connectivity index (χ0v) is 17.2. The zero-order chi connectivity index (χ0) is 21.3. The molecule has 1 aromatic heterocycles. The molecule has 2 amide bonds. The number of carbonyl (C=O) groups excluding carboxylic acids is 2. The smallest absolute Gasteiger partial charge is 0.353 e. The first-order chi connectivity index (χ1) is 13.8. The van der Waals surface area contributed by atoms with E-state index in [-0.39, 0.29) is 35.8 Å². The molecule has 1 fully saturated rings. The first-order valence-electron chi connectivity index (χ1n) is 8.70. The van der Waals surface area contributed by atoms with Crippen LogP contribution in [0.15, 0.2) is 21.5 Å². The van der Waals surface area contributed by atoms with E-state index in [1.54, 1.807) is 11.5 Å². The standard InChI is InChI=1S/C18H18N4O5S2/c1-8-13-11(9(2)23)17(25)22(13)14(18(26)27)15(8)28-6-3-10-12(21-7-29-10)16(24)20-5-4-19/h3,6-9,11,13,23H,5H2,1-2H3,(H,20,24)(H,26,27)/b6-3-/t8-,9-,11-,13-/m1/s1. The maximum Gasteiger partial charge on any atom is 0.353 e. The minimum atomic E-state index is -1.19. The van der Waals surface area contributed by atoms with Gasteiger partial charge in [-0.2, -0.15) is 5.26 Å². The van der Waals surface area contributed by atoms with Crippen molar-refractivity contribution >= 4 is 47.0 Å². The lowest BCUT2D eigenvalue weighted by Crippen LogP contribution is -2.63. The number of amides is 2. The molecule has 1 saturated heterocycles. The molecule has 4 atom stereocenters. The number of aliphatic carboxylic acids is 1. The summed E-state index contributed by atoms with van der Waals surface area (Å²) in [6, 6.07) is 1.44. The van der Waals surface area contributed by atoms with Crippen LogP contribution in [0.3, 0.4) is 0 Å². The quantitative estimate of drug-likeness (QED) is 0.430. The Morgan fingerprint density at radius 1 is 1.55 bits per heavy atom. The number of aromatic nitrogens is 1. The van der Waals surface area contributed by atoms with Gasteiger partial charge in [-0.25, -0.2) is 9.78 Å². The van der Waals surface area contributed by atoms with Crippen LogP contribution in [0.1, 0.15) is 29.2 Å². The molecule has 2 aliphatic rings. The molecule has 0 aliphatic carbocycles. The highest BCUT2D eigenvalue weighted by molar-refractivity contribution is 8.06. The highest BCUT2D eigenvalue weighted by Crippen LogP contribution is 2.50.